The van der Waals surface area contributed by atoms with E-state index in [0.717, 1.165) is 33.6 Å². The highest BCUT2D eigenvalue weighted by Crippen LogP contribution is 2.30. The number of nitrogens with one attached hydrogen (secondary N) is 2. The Hall–Kier alpha value is -3.53. The molecule has 0 spiro atoms. The first-order valence-corrected chi connectivity index (χ1v) is 8.37. The molecule has 0 saturated carbocycles. The Morgan fingerprint density at radius 1 is 0.923 bits per heavy atom. The van der Waals surface area contributed by atoms with Crippen LogP contribution >= 0.6 is 0 Å². The number of benzene rings is 3. The zero-order chi connectivity index (χ0) is 17.9. The van der Waals surface area contributed by atoms with Gasteiger partial charge in [0, 0.05) is 27.7 Å². The molecule has 0 aliphatic heterocycles. The molecule has 0 aliphatic rings. The molecule has 2 N–H and O–H groups in total. The number of rotatable bonds is 4. The number of hydrogen-bond acceptors (Lipinski definition) is 2. The lowest BCUT2D eigenvalue weighted by Crippen LogP contribution is -2.12. The molecule has 0 saturated heterocycles. The molecule has 4 nitrogen and oxygen atoms in total. The van der Waals surface area contributed by atoms with Crippen LogP contribution in [0.3, 0.4) is 0 Å². The lowest BCUT2D eigenvalue weighted by atomic mass is 10.1. The molecule has 0 radical (unpaired) electrons. The van der Waals surface area contributed by atoms with Crippen molar-refractivity contribution in [3.63, 3.8) is 0 Å². The first-order valence-electron chi connectivity index (χ1n) is 8.37. The number of H-pyrrole nitrogens is 1. The number of methoxy groups -OCH3 is 1. The maximum atomic E-state index is 12.6. The van der Waals surface area contributed by atoms with Crippen LogP contribution in [0.5, 0.6) is 5.75 Å². The van der Waals surface area contributed by atoms with Gasteiger partial charge in [0.25, 0.3) is 5.91 Å². The van der Waals surface area contributed by atoms with Crippen molar-refractivity contribution in [2.75, 3.05) is 12.4 Å². The van der Waals surface area contributed by atoms with E-state index in [0.29, 0.717) is 5.56 Å². The fourth-order valence-electron chi connectivity index (χ4n) is 2.98. The summed E-state index contributed by atoms with van der Waals surface area (Å²) >= 11 is 0. The molecule has 0 unspecified atom stereocenters. The Kier molecular flexibility index (Phi) is 4.15. The van der Waals surface area contributed by atoms with Gasteiger partial charge in [0.05, 0.1) is 12.8 Å². The molecule has 1 amide bonds. The number of carbonyl (C=O) groups is 1. The fourth-order valence-corrected chi connectivity index (χ4v) is 2.98. The number of aromatic amines is 1. The number of para-hydroxylation sites is 2. The van der Waals surface area contributed by atoms with Crippen LogP contribution in [0, 0.1) is 0 Å². The van der Waals surface area contributed by atoms with Crippen molar-refractivity contribution in [1.82, 2.24) is 4.98 Å². The summed E-state index contributed by atoms with van der Waals surface area (Å²) in [4.78, 5) is 16.0. The number of ether oxygens (including phenoxy) is 1. The van der Waals surface area contributed by atoms with E-state index in [9.17, 15) is 4.79 Å². The van der Waals surface area contributed by atoms with Gasteiger partial charge in [-0.2, -0.15) is 0 Å². The number of fused-ring (bicyclic) bond motifs is 1. The molecule has 26 heavy (non-hydrogen) atoms. The summed E-state index contributed by atoms with van der Waals surface area (Å²) in [6, 6.07) is 25.0. The van der Waals surface area contributed by atoms with Crippen LogP contribution in [0.1, 0.15) is 10.4 Å². The third-order valence-corrected chi connectivity index (χ3v) is 4.35. The molecule has 3 aromatic carbocycles. The summed E-state index contributed by atoms with van der Waals surface area (Å²) in [5.41, 5.74) is 4.33. The first kappa shape index (κ1) is 16.0. The van der Waals surface area contributed by atoms with Crippen molar-refractivity contribution in [2.45, 2.75) is 0 Å². The zero-order valence-electron chi connectivity index (χ0n) is 14.3. The summed E-state index contributed by atoms with van der Waals surface area (Å²) in [5.74, 6) is 0.566. The van der Waals surface area contributed by atoms with Crippen molar-refractivity contribution in [2.24, 2.45) is 0 Å². The molecule has 4 rings (SSSR count). The van der Waals surface area contributed by atoms with Crippen LogP contribution in [-0.2, 0) is 0 Å². The Bertz CT molecular complexity index is 1030. The minimum absolute atomic E-state index is 0.156. The van der Waals surface area contributed by atoms with Crippen molar-refractivity contribution in [1.29, 1.82) is 0 Å². The van der Waals surface area contributed by atoms with E-state index in [1.165, 1.54) is 0 Å². The summed E-state index contributed by atoms with van der Waals surface area (Å²) in [6.07, 6.45) is 0. The minimum atomic E-state index is -0.156. The zero-order valence-corrected chi connectivity index (χ0v) is 14.3. The number of aromatic nitrogens is 1. The third-order valence-electron chi connectivity index (χ3n) is 4.35. The van der Waals surface area contributed by atoms with Crippen molar-refractivity contribution >= 4 is 22.5 Å². The van der Waals surface area contributed by atoms with Gasteiger partial charge in [0.2, 0.25) is 0 Å². The molecule has 4 aromatic rings. The summed E-state index contributed by atoms with van der Waals surface area (Å²) < 4.78 is 5.14. The normalized spacial score (nSPS) is 10.7. The molecule has 128 valence electrons. The molecule has 1 aromatic heterocycles. The predicted molar refractivity (Wildman–Crippen MR) is 105 cm³/mol. The van der Waals surface area contributed by atoms with Crippen molar-refractivity contribution in [3.05, 3.63) is 84.4 Å². The van der Waals surface area contributed by atoms with Crippen LogP contribution in [-0.4, -0.2) is 18.0 Å². The topological polar surface area (TPSA) is 54.1 Å². The highest BCUT2D eigenvalue weighted by molar-refractivity contribution is 6.06. The average molecular weight is 342 g/mol. The highest BCUT2D eigenvalue weighted by Gasteiger charge is 2.12. The average Bonchev–Trinajstić information content (AvgIpc) is 3.12. The van der Waals surface area contributed by atoms with E-state index in [1.54, 1.807) is 31.4 Å². The van der Waals surface area contributed by atoms with Gasteiger partial charge in [-0.25, -0.2) is 0 Å². The van der Waals surface area contributed by atoms with Crippen LogP contribution < -0.4 is 10.1 Å². The van der Waals surface area contributed by atoms with Gasteiger partial charge >= 0.3 is 0 Å². The highest BCUT2D eigenvalue weighted by atomic mass is 16.5. The van der Waals surface area contributed by atoms with Crippen LogP contribution in [0.2, 0.25) is 0 Å². The van der Waals surface area contributed by atoms with E-state index in [2.05, 4.69) is 22.4 Å². The Labute approximate surface area is 151 Å². The minimum Gasteiger partial charge on any atom is -0.497 e. The molecule has 0 fully saturated rings. The van der Waals surface area contributed by atoms with E-state index < -0.39 is 0 Å². The number of anilines is 1. The molecule has 0 bridgehead atoms. The van der Waals surface area contributed by atoms with E-state index >= 15 is 0 Å². The summed E-state index contributed by atoms with van der Waals surface area (Å²) in [5, 5.41) is 4.15. The van der Waals surface area contributed by atoms with Gasteiger partial charge in [0.1, 0.15) is 5.75 Å². The van der Waals surface area contributed by atoms with E-state index in [1.807, 2.05) is 42.5 Å². The number of amides is 1. The third kappa shape index (κ3) is 3.05. The van der Waals surface area contributed by atoms with E-state index in [-0.39, 0.29) is 5.91 Å². The SMILES string of the molecule is COc1ccc(C(=O)Nc2ccccc2-c2cc3ccccc3[nH]2)cc1. The standard InChI is InChI=1S/C22H18N2O2/c1-26-17-12-10-15(11-13-17)22(25)24-20-9-5-3-7-18(20)21-14-16-6-2-4-8-19(16)23-21/h2-14,23H,1H3,(H,24,25). The Morgan fingerprint density at radius 2 is 1.65 bits per heavy atom. The molecule has 1 heterocycles. The van der Waals surface area contributed by atoms with Gasteiger partial charge in [0.15, 0.2) is 0 Å². The van der Waals surface area contributed by atoms with Crippen LogP contribution in [0.4, 0.5) is 5.69 Å². The van der Waals surface area contributed by atoms with E-state index in [4.69, 9.17) is 4.74 Å². The predicted octanol–water partition coefficient (Wildman–Crippen LogP) is 5.10. The summed E-state index contributed by atoms with van der Waals surface area (Å²) in [6.45, 7) is 0. The quantitative estimate of drug-likeness (QED) is 0.542. The summed E-state index contributed by atoms with van der Waals surface area (Å²) in [7, 11) is 1.60. The number of carbonyl (C=O) groups excluding carboxylic acids is 1. The monoisotopic (exact) mass is 342 g/mol. The van der Waals surface area contributed by atoms with Gasteiger partial charge in [-0.15, -0.1) is 0 Å². The Morgan fingerprint density at radius 3 is 2.42 bits per heavy atom. The molecule has 0 aliphatic carbocycles. The Balaban J connectivity index is 1.66. The molecular weight excluding hydrogens is 324 g/mol. The number of hydrogen-bond donors (Lipinski definition) is 2. The lowest BCUT2D eigenvalue weighted by molar-refractivity contribution is 0.102. The smallest absolute Gasteiger partial charge is 0.255 e. The maximum absolute atomic E-state index is 12.6. The largest absolute Gasteiger partial charge is 0.497 e. The van der Waals surface area contributed by atoms with Crippen LogP contribution in [0.25, 0.3) is 22.2 Å². The lowest BCUT2D eigenvalue weighted by Gasteiger charge is -2.10. The van der Waals surface area contributed by atoms with Crippen molar-refractivity contribution in [3.8, 4) is 17.0 Å². The van der Waals surface area contributed by atoms with Gasteiger partial charge < -0.3 is 15.0 Å². The second-order valence-electron chi connectivity index (χ2n) is 6.00. The molecule has 0 atom stereocenters. The maximum Gasteiger partial charge on any atom is 0.255 e. The van der Waals surface area contributed by atoms with Crippen molar-refractivity contribution < 1.29 is 9.53 Å². The van der Waals surface area contributed by atoms with Gasteiger partial charge in [-0.1, -0.05) is 36.4 Å². The first-order chi connectivity index (χ1) is 12.7. The van der Waals surface area contributed by atoms with Gasteiger partial charge in [-0.05, 0) is 42.5 Å². The second-order valence-corrected chi connectivity index (χ2v) is 6.00. The van der Waals surface area contributed by atoms with Crippen LogP contribution in [0.15, 0.2) is 78.9 Å². The molecular formula is C22H18N2O2. The second kappa shape index (κ2) is 6.76. The fraction of sp³-hybridized carbons (Fsp3) is 0.0455. The molecule has 4 heteroatoms. The van der Waals surface area contributed by atoms with Gasteiger partial charge in [-0.3, -0.25) is 4.79 Å².